The van der Waals surface area contributed by atoms with Gasteiger partial charge in [0.1, 0.15) is 11.8 Å². The Kier molecular flexibility index (Phi) is 4.26. The van der Waals surface area contributed by atoms with Crippen molar-refractivity contribution < 1.29 is 19.1 Å². The number of hydrogen-bond donors (Lipinski definition) is 2. The Morgan fingerprint density at radius 3 is 2.64 bits per heavy atom. The van der Waals surface area contributed by atoms with E-state index in [0.29, 0.717) is 10.7 Å². The molecule has 2 aliphatic rings. The van der Waals surface area contributed by atoms with Crippen molar-refractivity contribution in [1.29, 1.82) is 0 Å². The topological polar surface area (TPSA) is 84.5 Å². The first kappa shape index (κ1) is 14.8. The quantitative estimate of drug-likeness (QED) is 0.501. The standard InChI is InChI=1S/C15H14N2O4S/c18-13-12(22-15(20)17-13)8-9-3-5-10(6-4-9)21-14(19)11-2-1-7-16-11/h3-6,8,11,16H,1-2,7H2,(H,17,18,20)/b12-8-/t11-/m0/s1. The number of nitrogens with one attached hydrogen (secondary N) is 2. The maximum absolute atomic E-state index is 11.9. The van der Waals surface area contributed by atoms with Crippen LogP contribution in [0.15, 0.2) is 29.2 Å². The van der Waals surface area contributed by atoms with Crippen molar-refractivity contribution in [3.63, 3.8) is 0 Å². The molecule has 114 valence electrons. The highest BCUT2D eigenvalue weighted by atomic mass is 32.2. The zero-order valence-corrected chi connectivity index (χ0v) is 12.4. The SMILES string of the molecule is O=C1NC(=O)/C(=C/c2ccc(OC(=O)[C@@H]3CCCN3)cc2)S1. The van der Waals surface area contributed by atoms with Crippen LogP contribution in [0.5, 0.6) is 5.75 Å². The van der Waals surface area contributed by atoms with Crippen molar-refractivity contribution in [3.05, 3.63) is 34.7 Å². The molecule has 0 radical (unpaired) electrons. The fourth-order valence-corrected chi connectivity index (χ4v) is 2.96. The van der Waals surface area contributed by atoms with Crippen LogP contribution in [0.2, 0.25) is 0 Å². The Bertz CT molecular complexity index is 648. The van der Waals surface area contributed by atoms with E-state index >= 15 is 0 Å². The Hall–Kier alpha value is -2.12. The third-order valence-electron chi connectivity index (χ3n) is 3.38. The van der Waals surface area contributed by atoms with Crippen LogP contribution in [0.25, 0.3) is 6.08 Å². The van der Waals surface area contributed by atoms with Crippen LogP contribution in [0.3, 0.4) is 0 Å². The van der Waals surface area contributed by atoms with Gasteiger partial charge in [-0.2, -0.15) is 0 Å². The second kappa shape index (κ2) is 6.33. The molecule has 0 aromatic heterocycles. The number of hydrogen-bond acceptors (Lipinski definition) is 6. The second-order valence-corrected chi connectivity index (χ2v) is 6.01. The number of benzene rings is 1. The molecular formula is C15H14N2O4S. The van der Waals surface area contributed by atoms with Gasteiger partial charge >= 0.3 is 5.97 Å². The minimum absolute atomic E-state index is 0.230. The van der Waals surface area contributed by atoms with Crippen molar-refractivity contribution in [2.24, 2.45) is 0 Å². The van der Waals surface area contributed by atoms with E-state index in [2.05, 4.69) is 10.6 Å². The van der Waals surface area contributed by atoms with Crippen molar-refractivity contribution in [1.82, 2.24) is 10.6 Å². The molecule has 2 heterocycles. The predicted octanol–water partition coefficient (Wildman–Crippen LogP) is 1.67. The summed E-state index contributed by atoms with van der Waals surface area (Å²) in [7, 11) is 0. The van der Waals surface area contributed by atoms with Crippen LogP contribution >= 0.6 is 11.8 Å². The van der Waals surface area contributed by atoms with Crippen LogP contribution < -0.4 is 15.4 Å². The summed E-state index contributed by atoms with van der Waals surface area (Å²) in [6, 6.07) is 6.56. The maximum Gasteiger partial charge on any atom is 0.328 e. The zero-order chi connectivity index (χ0) is 15.5. The van der Waals surface area contributed by atoms with Crippen LogP contribution in [0, 0.1) is 0 Å². The summed E-state index contributed by atoms with van der Waals surface area (Å²) in [6.07, 6.45) is 3.39. The van der Waals surface area contributed by atoms with Gasteiger partial charge in [-0.25, -0.2) is 4.79 Å². The van der Waals surface area contributed by atoms with Crippen LogP contribution in [0.1, 0.15) is 18.4 Å². The zero-order valence-electron chi connectivity index (χ0n) is 11.6. The third-order valence-corrected chi connectivity index (χ3v) is 4.19. The first-order chi connectivity index (χ1) is 10.6. The Morgan fingerprint density at radius 1 is 1.27 bits per heavy atom. The summed E-state index contributed by atoms with van der Waals surface area (Å²) in [4.78, 5) is 34.8. The normalized spacial score (nSPS) is 22.9. The van der Waals surface area contributed by atoms with Gasteiger partial charge in [0.05, 0.1) is 4.91 Å². The van der Waals surface area contributed by atoms with Crippen LogP contribution in [-0.2, 0) is 9.59 Å². The van der Waals surface area contributed by atoms with E-state index in [9.17, 15) is 14.4 Å². The van der Waals surface area contributed by atoms with E-state index in [0.717, 1.165) is 36.7 Å². The van der Waals surface area contributed by atoms with Crippen molar-refractivity contribution in [3.8, 4) is 5.75 Å². The van der Waals surface area contributed by atoms with Gasteiger partial charge in [0.2, 0.25) is 0 Å². The number of rotatable bonds is 3. The van der Waals surface area contributed by atoms with E-state index in [1.807, 2.05) is 0 Å². The number of carbonyl (C=O) groups excluding carboxylic acids is 3. The molecule has 0 aliphatic carbocycles. The Balaban J connectivity index is 1.65. The maximum atomic E-state index is 11.9. The van der Waals surface area contributed by atoms with Crippen molar-refractivity contribution in [2.75, 3.05) is 6.54 Å². The first-order valence-electron chi connectivity index (χ1n) is 6.92. The number of carbonyl (C=O) groups is 3. The van der Waals surface area contributed by atoms with Gasteiger partial charge in [-0.1, -0.05) is 12.1 Å². The summed E-state index contributed by atoms with van der Waals surface area (Å²) >= 11 is 0.868. The molecule has 0 unspecified atom stereocenters. The molecule has 2 amide bonds. The molecule has 22 heavy (non-hydrogen) atoms. The molecule has 7 heteroatoms. The molecule has 0 saturated carbocycles. The van der Waals surface area contributed by atoms with E-state index in [-0.39, 0.29) is 17.3 Å². The third kappa shape index (κ3) is 3.37. The molecule has 2 saturated heterocycles. The molecular weight excluding hydrogens is 304 g/mol. The lowest BCUT2D eigenvalue weighted by Crippen LogP contribution is -2.34. The first-order valence-corrected chi connectivity index (χ1v) is 7.73. The molecule has 1 atom stereocenters. The summed E-state index contributed by atoms with van der Waals surface area (Å²) in [6.45, 7) is 0.838. The molecule has 1 aromatic carbocycles. The number of imide groups is 1. The van der Waals surface area contributed by atoms with Gasteiger partial charge in [0.25, 0.3) is 11.1 Å². The molecule has 3 rings (SSSR count). The van der Waals surface area contributed by atoms with Gasteiger partial charge < -0.3 is 10.1 Å². The summed E-state index contributed by atoms with van der Waals surface area (Å²) in [5, 5.41) is 4.91. The minimum atomic E-state index is -0.391. The minimum Gasteiger partial charge on any atom is -0.425 e. The summed E-state index contributed by atoms with van der Waals surface area (Å²) in [5.41, 5.74) is 0.756. The Labute approximate surface area is 131 Å². The highest BCUT2D eigenvalue weighted by molar-refractivity contribution is 8.18. The number of thioether (sulfide) groups is 1. The van der Waals surface area contributed by atoms with Gasteiger partial charge in [-0.05, 0) is 54.9 Å². The Morgan fingerprint density at radius 2 is 2.05 bits per heavy atom. The lowest BCUT2D eigenvalue weighted by molar-refractivity contribution is -0.136. The van der Waals surface area contributed by atoms with Crippen LogP contribution in [-0.4, -0.2) is 29.7 Å². The average molecular weight is 318 g/mol. The molecule has 6 nitrogen and oxygen atoms in total. The monoisotopic (exact) mass is 318 g/mol. The molecule has 0 spiro atoms. The molecule has 0 bridgehead atoms. The molecule has 2 fully saturated rings. The highest BCUT2D eigenvalue weighted by Crippen LogP contribution is 2.26. The van der Waals surface area contributed by atoms with Gasteiger partial charge in [-0.3, -0.25) is 14.9 Å². The van der Waals surface area contributed by atoms with Crippen molar-refractivity contribution >= 4 is 35.0 Å². The largest absolute Gasteiger partial charge is 0.425 e. The molecule has 1 aromatic rings. The number of amides is 2. The van der Waals surface area contributed by atoms with Crippen molar-refractivity contribution in [2.45, 2.75) is 18.9 Å². The smallest absolute Gasteiger partial charge is 0.328 e. The highest BCUT2D eigenvalue weighted by Gasteiger charge is 2.25. The number of ether oxygens (including phenoxy) is 1. The fourth-order valence-electron chi connectivity index (χ4n) is 2.28. The second-order valence-electron chi connectivity index (χ2n) is 4.99. The van der Waals surface area contributed by atoms with E-state index in [4.69, 9.17) is 4.74 Å². The van der Waals surface area contributed by atoms with E-state index in [1.54, 1.807) is 30.3 Å². The lowest BCUT2D eigenvalue weighted by Gasteiger charge is -2.09. The summed E-state index contributed by atoms with van der Waals surface area (Å²) < 4.78 is 5.30. The van der Waals surface area contributed by atoms with Gasteiger partial charge in [0, 0.05) is 0 Å². The van der Waals surface area contributed by atoms with E-state index < -0.39 is 5.91 Å². The molecule has 2 aliphatic heterocycles. The average Bonchev–Trinajstić information content (AvgIpc) is 3.12. The lowest BCUT2D eigenvalue weighted by atomic mass is 10.2. The summed E-state index contributed by atoms with van der Waals surface area (Å²) in [5.74, 6) is -0.210. The predicted molar refractivity (Wildman–Crippen MR) is 82.2 cm³/mol. The fraction of sp³-hybridized carbons (Fsp3) is 0.267. The van der Waals surface area contributed by atoms with Gasteiger partial charge in [0.15, 0.2) is 0 Å². The van der Waals surface area contributed by atoms with Crippen LogP contribution in [0.4, 0.5) is 4.79 Å². The van der Waals surface area contributed by atoms with Gasteiger partial charge in [-0.15, -0.1) is 0 Å². The van der Waals surface area contributed by atoms with E-state index in [1.165, 1.54) is 0 Å². The number of esters is 1. The molecule has 2 N–H and O–H groups in total.